The number of carbonyl (C=O) groups excluding carboxylic acids is 1. The second-order valence-corrected chi connectivity index (χ2v) is 8.32. The third-order valence-corrected chi connectivity index (χ3v) is 6.23. The molecule has 162 valence electrons. The summed E-state index contributed by atoms with van der Waals surface area (Å²) >= 11 is 0. The van der Waals surface area contributed by atoms with Gasteiger partial charge >= 0.3 is 0 Å². The molecule has 3 heterocycles. The number of anilines is 1. The first kappa shape index (κ1) is 20.7. The fraction of sp³-hybridized carbons (Fsp3) is 0.545. The van der Waals surface area contributed by atoms with Crippen molar-refractivity contribution < 1.29 is 23.9 Å². The minimum absolute atomic E-state index is 0.278. The summed E-state index contributed by atoms with van der Waals surface area (Å²) in [4.78, 5) is 20.1. The number of aromatic nitrogens is 1. The number of methoxy groups -OCH3 is 1. The van der Waals surface area contributed by atoms with Crippen LogP contribution in [0.2, 0.25) is 0 Å². The van der Waals surface area contributed by atoms with E-state index >= 15 is 0 Å². The lowest BCUT2D eigenvalue weighted by molar-refractivity contribution is -1.02. The van der Waals surface area contributed by atoms with Crippen LogP contribution in [0.3, 0.4) is 0 Å². The van der Waals surface area contributed by atoms with Crippen molar-refractivity contribution in [1.29, 1.82) is 0 Å². The van der Waals surface area contributed by atoms with Crippen LogP contribution in [-0.2, 0) is 11.3 Å². The minimum atomic E-state index is 0.278. The van der Waals surface area contributed by atoms with Crippen molar-refractivity contribution in [3.05, 3.63) is 41.8 Å². The van der Waals surface area contributed by atoms with E-state index in [1.54, 1.807) is 7.11 Å². The van der Waals surface area contributed by atoms with Crippen molar-refractivity contribution in [3.8, 4) is 5.75 Å². The van der Waals surface area contributed by atoms with E-state index in [2.05, 4.69) is 16.1 Å². The zero-order valence-corrected chi connectivity index (χ0v) is 18.0. The van der Waals surface area contributed by atoms with Gasteiger partial charge in [0, 0.05) is 32.2 Å². The summed E-state index contributed by atoms with van der Waals surface area (Å²) in [5.41, 5.74) is 2.13. The molecule has 2 N–H and O–H groups in total. The van der Waals surface area contributed by atoms with Crippen LogP contribution in [0.5, 0.6) is 5.75 Å². The highest BCUT2D eigenvalue weighted by Gasteiger charge is 2.29. The van der Waals surface area contributed by atoms with Gasteiger partial charge in [0.2, 0.25) is 0 Å². The number of quaternary nitrogens is 2. The number of para-hydroxylation sites is 2. The Bertz CT molecular complexity index is 839. The molecule has 1 aromatic heterocycles. The molecule has 4 rings (SSSR count). The van der Waals surface area contributed by atoms with Crippen molar-refractivity contribution in [3.63, 3.8) is 0 Å². The van der Waals surface area contributed by atoms with E-state index in [-0.39, 0.29) is 5.91 Å². The van der Waals surface area contributed by atoms with Gasteiger partial charge in [-0.15, -0.1) is 0 Å². The Morgan fingerprint density at radius 3 is 2.47 bits per heavy atom. The molecule has 0 saturated carbocycles. The molecule has 2 aliphatic rings. The molecule has 2 fully saturated rings. The molecule has 0 radical (unpaired) electrons. The van der Waals surface area contributed by atoms with E-state index in [9.17, 15) is 4.79 Å². The number of rotatable bonds is 6. The van der Waals surface area contributed by atoms with Crippen LogP contribution in [0.1, 0.15) is 11.5 Å². The topological polar surface area (TPSA) is 67.7 Å². The van der Waals surface area contributed by atoms with Gasteiger partial charge in [0.25, 0.3) is 5.91 Å². The lowest BCUT2D eigenvalue weighted by Crippen LogP contribution is -3.28. The van der Waals surface area contributed by atoms with E-state index in [1.807, 2.05) is 36.1 Å². The van der Waals surface area contributed by atoms with Crippen molar-refractivity contribution in [1.82, 2.24) is 10.1 Å². The summed E-state index contributed by atoms with van der Waals surface area (Å²) in [6, 6.07) is 10.1. The standard InChI is InChI=1S/C22H31N5O3/c1-18-15-19(23-30-18)16-24-7-9-25(10-8-24)17-22(28)27-13-11-26(12-14-27)20-5-3-4-6-21(20)29-2/h3-6,15H,7-14,16-17H2,1-2H3/p+2. The Morgan fingerprint density at radius 2 is 1.80 bits per heavy atom. The zero-order chi connectivity index (χ0) is 20.9. The lowest BCUT2D eigenvalue weighted by Gasteiger charge is -2.37. The smallest absolute Gasteiger partial charge is 0.277 e. The number of hydrogen-bond donors (Lipinski definition) is 2. The van der Waals surface area contributed by atoms with Crippen molar-refractivity contribution in [2.45, 2.75) is 13.5 Å². The Morgan fingerprint density at radius 1 is 1.10 bits per heavy atom. The second-order valence-electron chi connectivity index (χ2n) is 8.32. The highest BCUT2D eigenvalue weighted by Crippen LogP contribution is 2.28. The molecule has 0 atom stereocenters. The van der Waals surface area contributed by atoms with Gasteiger partial charge < -0.3 is 28.9 Å². The van der Waals surface area contributed by atoms with E-state index in [0.29, 0.717) is 6.54 Å². The minimum Gasteiger partial charge on any atom is -0.495 e. The van der Waals surface area contributed by atoms with Gasteiger partial charge in [-0.1, -0.05) is 17.3 Å². The Kier molecular flexibility index (Phi) is 6.54. The highest BCUT2D eigenvalue weighted by atomic mass is 16.5. The largest absolute Gasteiger partial charge is 0.495 e. The molecule has 0 aliphatic carbocycles. The number of aryl methyl sites for hydroxylation is 1. The normalized spacial score (nSPS) is 22.2. The number of nitrogens with zero attached hydrogens (tertiary/aromatic N) is 3. The van der Waals surface area contributed by atoms with Gasteiger partial charge in [0.15, 0.2) is 6.54 Å². The monoisotopic (exact) mass is 415 g/mol. The third-order valence-electron chi connectivity index (χ3n) is 6.23. The highest BCUT2D eigenvalue weighted by molar-refractivity contribution is 5.77. The van der Waals surface area contributed by atoms with Crippen molar-refractivity contribution >= 4 is 11.6 Å². The first-order valence-corrected chi connectivity index (χ1v) is 10.9. The molecule has 30 heavy (non-hydrogen) atoms. The molecule has 8 heteroatoms. The summed E-state index contributed by atoms with van der Waals surface area (Å²) in [5, 5.41) is 4.10. The van der Waals surface area contributed by atoms with Gasteiger partial charge in [-0.2, -0.15) is 0 Å². The number of amides is 1. The number of nitrogens with one attached hydrogen (secondary N) is 2. The molecule has 1 aromatic carbocycles. The fourth-order valence-corrected chi connectivity index (χ4v) is 4.48. The summed E-state index contributed by atoms with van der Waals surface area (Å²) in [7, 11) is 1.70. The predicted molar refractivity (Wildman–Crippen MR) is 113 cm³/mol. The summed E-state index contributed by atoms with van der Waals surface area (Å²) in [6.07, 6.45) is 0. The van der Waals surface area contributed by atoms with Gasteiger partial charge in [-0.25, -0.2) is 0 Å². The predicted octanol–water partition coefficient (Wildman–Crippen LogP) is -1.38. The number of ether oxygens (including phenoxy) is 1. The van der Waals surface area contributed by atoms with Crippen LogP contribution < -0.4 is 19.4 Å². The number of hydrogen-bond acceptors (Lipinski definition) is 5. The van der Waals surface area contributed by atoms with Gasteiger partial charge in [-0.05, 0) is 19.1 Å². The maximum Gasteiger partial charge on any atom is 0.277 e. The van der Waals surface area contributed by atoms with Gasteiger partial charge in [-0.3, -0.25) is 4.79 Å². The number of benzene rings is 1. The van der Waals surface area contributed by atoms with Crippen LogP contribution in [0, 0.1) is 6.92 Å². The Balaban J connectivity index is 1.21. The van der Waals surface area contributed by atoms with Crippen LogP contribution in [0.15, 0.2) is 34.9 Å². The first-order chi connectivity index (χ1) is 14.6. The third kappa shape index (κ3) is 4.94. The Labute approximate surface area is 178 Å². The van der Waals surface area contributed by atoms with E-state index in [4.69, 9.17) is 9.26 Å². The Hall–Kier alpha value is -2.58. The van der Waals surface area contributed by atoms with E-state index in [1.165, 1.54) is 9.80 Å². The molecular formula is C22H33N5O3+2. The molecule has 2 aromatic rings. The molecule has 8 nitrogen and oxygen atoms in total. The molecule has 0 bridgehead atoms. The number of piperazine rings is 2. The molecule has 0 unspecified atom stereocenters. The molecule has 0 spiro atoms. The lowest BCUT2D eigenvalue weighted by atomic mass is 10.2. The van der Waals surface area contributed by atoms with E-state index < -0.39 is 0 Å². The quantitative estimate of drug-likeness (QED) is 0.609. The second kappa shape index (κ2) is 9.49. The SMILES string of the molecule is COc1ccccc1N1CCN(C(=O)C[NH+]2CC[NH+](Cc3cc(C)on3)CC2)CC1. The van der Waals surface area contributed by atoms with Gasteiger partial charge in [0.1, 0.15) is 49.9 Å². The van der Waals surface area contributed by atoms with Crippen LogP contribution in [0.25, 0.3) is 0 Å². The summed E-state index contributed by atoms with van der Waals surface area (Å²) < 4.78 is 10.7. The van der Waals surface area contributed by atoms with Gasteiger partial charge in [0.05, 0.1) is 12.8 Å². The molecule has 2 saturated heterocycles. The average molecular weight is 416 g/mol. The maximum absolute atomic E-state index is 12.8. The first-order valence-electron chi connectivity index (χ1n) is 10.9. The van der Waals surface area contributed by atoms with Crippen LogP contribution >= 0.6 is 0 Å². The molecule has 2 aliphatic heterocycles. The van der Waals surface area contributed by atoms with Crippen molar-refractivity contribution in [2.24, 2.45) is 0 Å². The molecule has 1 amide bonds. The molecular weight excluding hydrogens is 382 g/mol. The average Bonchev–Trinajstić information content (AvgIpc) is 3.19. The fourth-order valence-electron chi connectivity index (χ4n) is 4.48. The van der Waals surface area contributed by atoms with E-state index in [0.717, 1.165) is 81.8 Å². The zero-order valence-electron chi connectivity index (χ0n) is 18.0. The summed E-state index contributed by atoms with van der Waals surface area (Å²) in [6.45, 7) is 10.8. The summed E-state index contributed by atoms with van der Waals surface area (Å²) in [5.74, 6) is 2.04. The van der Waals surface area contributed by atoms with Crippen LogP contribution in [-0.4, -0.2) is 82.0 Å². The number of carbonyl (C=O) groups is 1. The van der Waals surface area contributed by atoms with Crippen molar-refractivity contribution in [2.75, 3.05) is 70.9 Å². The maximum atomic E-state index is 12.8. The van der Waals surface area contributed by atoms with Crippen LogP contribution in [0.4, 0.5) is 5.69 Å².